The van der Waals surface area contributed by atoms with Crippen LogP contribution in [0.4, 0.5) is 11.4 Å². The van der Waals surface area contributed by atoms with Crippen molar-refractivity contribution in [2.45, 2.75) is 25.3 Å². The molecule has 2 atom stereocenters. The second-order valence-corrected chi connectivity index (χ2v) is 7.30. The maximum Gasteiger partial charge on any atom is 0.235 e. The minimum atomic E-state index is -0.697. The lowest BCUT2D eigenvalue weighted by molar-refractivity contribution is -0.133. The fourth-order valence-corrected chi connectivity index (χ4v) is 3.96. The first-order valence-electron chi connectivity index (χ1n) is 8.94. The molecule has 2 aliphatic rings. The van der Waals surface area contributed by atoms with Gasteiger partial charge >= 0.3 is 0 Å². The van der Waals surface area contributed by atoms with E-state index in [2.05, 4.69) is 10.6 Å². The molecule has 0 aromatic heterocycles. The fourth-order valence-electron chi connectivity index (χ4n) is 3.96. The summed E-state index contributed by atoms with van der Waals surface area (Å²) < 4.78 is 0. The van der Waals surface area contributed by atoms with Gasteiger partial charge in [-0.05, 0) is 35.7 Å². The lowest BCUT2D eigenvalue weighted by Gasteiger charge is -2.19. The van der Waals surface area contributed by atoms with E-state index in [1.165, 1.54) is 6.92 Å². The van der Waals surface area contributed by atoms with Crippen molar-refractivity contribution in [3.8, 4) is 0 Å². The van der Waals surface area contributed by atoms with E-state index in [9.17, 15) is 14.4 Å². The third kappa shape index (κ3) is 2.87. The van der Waals surface area contributed by atoms with E-state index in [0.717, 1.165) is 22.5 Å². The number of nitrogens with zero attached hydrogens (tertiary/aromatic N) is 1. The molecule has 1 saturated carbocycles. The van der Waals surface area contributed by atoms with Crippen molar-refractivity contribution in [3.63, 3.8) is 0 Å². The molecule has 4 rings (SSSR count). The average molecular weight is 363 g/mol. The monoisotopic (exact) mass is 363 g/mol. The molecule has 2 aromatic rings. The Morgan fingerprint density at radius 3 is 2.59 bits per heavy atom. The summed E-state index contributed by atoms with van der Waals surface area (Å²) >= 11 is 0. The van der Waals surface area contributed by atoms with Gasteiger partial charge in [0.15, 0.2) is 0 Å². The second kappa shape index (κ2) is 6.23. The van der Waals surface area contributed by atoms with Gasteiger partial charge < -0.3 is 15.5 Å². The summed E-state index contributed by atoms with van der Waals surface area (Å²) in [5, 5.41) is 5.62. The summed E-state index contributed by atoms with van der Waals surface area (Å²) in [6.45, 7) is 1.91. The van der Waals surface area contributed by atoms with Crippen LogP contribution in [0.2, 0.25) is 0 Å². The van der Waals surface area contributed by atoms with Crippen molar-refractivity contribution in [1.29, 1.82) is 0 Å². The standard InChI is InChI=1S/C21H21N3O3/c1-13(25)22-15-9-7-14(8-10-15)12-24(2)19(26)17-11-21(17)16-5-3-4-6-18(16)23-20(21)27/h3-10,17H,11-12H2,1-2H3,(H,22,25)(H,23,27). The molecule has 1 aliphatic heterocycles. The number of carbonyl (C=O) groups excluding carboxylic acids is 3. The number of nitrogens with one attached hydrogen (secondary N) is 2. The molecular formula is C21H21N3O3. The third-order valence-corrected chi connectivity index (χ3v) is 5.39. The van der Waals surface area contributed by atoms with Crippen LogP contribution in [-0.2, 0) is 26.3 Å². The number of hydrogen-bond acceptors (Lipinski definition) is 3. The first-order chi connectivity index (χ1) is 12.9. The van der Waals surface area contributed by atoms with Crippen molar-refractivity contribution >= 4 is 29.1 Å². The van der Waals surface area contributed by atoms with Crippen LogP contribution in [0.25, 0.3) is 0 Å². The largest absolute Gasteiger partial charge is 0.341 e. The molecule has 138 valence electrons. The third-order valence-electron chi connectivity index (χ3n) is 5.39. The Balaban J connectivity index is 1.45. The first kappa shape index (κ1) is 17.3. The van der Waals surface area contributed by atoms with Gasteiger partial charge in [-0.3, -0.25) is 14.4 Å². The van der Waals surface area contributed by atoms with Crippen molar-refractivity contribution < 1.29 is 14.4 Å². The molecule has 2 unspecified atom stereocenters. The number of fused-ring (bicyclic) bond motifs is 2. The molecule has 1 fully saturated rings. The molecule has 6 heteroatoms. The zero-order chi connectivity index (χ0) is 19.2. The van der Waals surface area contributed by atoms with Crippen LogP contribution in [0.3, 0.4) is 0 Å². The quantitative estimate of drug-likeness (QED) is 0.876. The fraction of sp³-hybridized carbons (Fsp3) is 0.286. The molecule has 1 aliphatic carbocycles. The van der Waals surface area contributed by atoms with Gasteiger partial charge in [-0.2, -0.15) is 0 Å². The highest BCUT2D eigenvalue weighted by molar-refractivity contribution is 6.12. The molecule has 3 amide bonds. The van der Waals surface area contributed by atoms with Gasteiger partial charge in [0.05, 0.1) is 11.3 Å². The van der Waals surface area contributed by atoms with Gasteiger partial charge in [0.2, 0.25) is 17.7 Å². The molecule has 1 heterocycles. The van der Waals surface area contributed by atoms with E-state index >= 15 is 0 Å². The molecule has 0 saturated heterocycles. The van der Waals surface area contributed by atoms with Gasteiger partial charge in [-0.1, -0.05) is 30.3 Å². The van der Waals surface area contributed by atoms with E-state index in [1.54, 1.807) is 11.9 Å². The van der Waals surface area contributed by atoms with Crippen LogP contribution in [0, 0.1) is 5.92 Å². The number of benzene rings is 2. The van der Waals surface area contributed by atoms with Crippen molar-refractivity contribution in [1.82, 2.24) is 4.90 Å². The molecule has 6 nitrogen and oxygen atoms in total. The molecular weight excluding hydrogens is 342 g/mol. The maximum absolute atomic E-state index is 12.9. The topological polar surface area (TPSA) is 78.5 Å². The number of rotatable bonds is 4. The Labute approximate surface area is 157 Å². The predicted molar refractivity (Wildman–Crippen MR) is 102 cm³/mol. The second-order valence-electron chi connectivity index (χ2n) is 7.30. The number of para-hydroxylation sites is 1. The predicted octanol–water partition coefficient (Wildman–Crippen LogP) is 2.51. The first-order valence-corrected chi connectivity index (χ1v) is 8.94. The lowest BCUT2D eigenvalue weighted by Crippen LogP contribution is -2.32. The molecule has 1 spiro atoms. The van der Waals surface area contributed by atoms with Crippen LogP contribution < -0.4 is 10.6 Å². The van der Waals surface area contributed by atoms with Crippen LogP contribution in [0.5, 0.6) is 0 Å². The smallest absolute Gasteiger partial charge is 0.235 e. The number of hydrogen-bond donors (Lipinski definition) is 2. The Morgan fingerprint density at radius 1 is 1.19 bits per heavy atom. The zero-order valence-corrected chi connectivity index (χ0v) is 15.3. The minimum absolute atomic E-state index is 0.0206. The van der Waals surface area contributed by atoms with Crippen molar-refractivity contribution in [2.24, 2.45) is 5.92 Å². The number of anilines is 2. The van der Waals surface area contributed by atoms with Crippen molar-refractivity contribution in [3.05, 3.63) is 59.7 Å². The zero-order valence-electron chi connectivity index (χ0n) is 15.3. The van der Waals surface area contributed by atoms with E-state index in [4.69, 9.17) is 0 Å². The van der Waals surface area contributed by atoms with Gasteiger partial charge in [-0.15, -0.1) is 0 Å². The molecule has 0 radical (unpaired) electrons. The highest BCUT2D eigenvalue weighted by Gasteiger charge is 2.68. The van der Waals surface area contributed by atoms with Crippen molar-refractivity contribution in [2.75, 3.05) is 17.7 Å². The summed E-state index contributed by atoms with van der Waals surface area (Å²) in [6, 6.07) is 15.0. The SMILES string of the molecule is CC(=O)Nc1ccc(CN(C)C(=O)C2CC23C(=O)Nc2ccccc23)cc1. The van der Waals surface area contributed by atoms with Crippen LogP contribution >= 0.6 is 0 Å². The maximum atomic E-state index is 12.9. The van der Waals surface area contributed by atoms with Gasteiger partial charge in [-0.25, -0.2) is 0 Å². The Hall–Kier alpha value is -3.15. The minimum Gasteiger partial charge on any atom is -0.341 e. The molecule has 2 N–H and O–H groups in total. The van der Waals surface area contributed by atoms with Gasteiger partial charge in [0, 0.05) is 31.9 Å². The summed E-state index contributed by atoms with van der Waals surface area (Å²) in [5.74, 6) is -0.531. The van der Waals surface area contributed by atoms with Crippen LogP contribution in [0.15, 0.2) is 48.5 Å². The van der Waals surface area contributed by atoms with Gasteiger partial charge in [0.1, 0.15) is 0 Å². The number of amides is 3. The normalized spacial score (nSPS) is 22.1. The summed E-state index contributed by atoms with van der Waals surface area (Å²) in [5.41, 5.74) is 2.74. The highest BCUT2D eigenvalue weighted by atomic mass is 16.2. The highest BCUT2D eigenvalue weighted by Crippen LogP contribution is 2.60. The Bertz CT molecular complexity index is 938. The average Bonchev–Trinajstić information content (AvgIpc) is 3.32. The van der Waals surface area contributed by atoms with E-state index in [-0.39, 0.29) is 23.6 Å². The molecule has 0 bridgehead atoms. The van der Waals surface area contributed by atoms with E-state index in [1.807, 2.05) is 48.5 Å². The van der Waals surface area contributed by atoms with E-state index in [0.29, 0.717) is 13.0 Å². The van der Waals surface area contributed by atoms with Gasteiger partial charge in [0.25, 0.3) is 0 Å². The molecule has 2 aromatic carbocycles. The van der Waals surface area contributed by atoms with Crippen LogP contribution in [0.1, 0.15) is 24.5 Å². The summed E-state index contributed by atoms with van der Waals surface area (Å²) in [4.78, 5) is 38.2. The van der Waals surface area contributed by atoms with E-state index < -0.39 is 5.41 Å². The number of carbonyl (C=O) groups is 3. The molecule has 27 heavy (non-hydrogen) atoms. The summed E-state index contributed by atoms with van der Waals surface area (Å²) in [7, 11) is 1.76. The summed E-state index contributed by atoms with van der Waals surface area (Å²) in [6.07, 6.45) is 0.556. The van der Waals surface area contributed by atoms with Crippen LogP contribution in [-0.4, -0.2) is 29.7 Å². The lowest BCUT2D eigenvalue weighted by atomic mass is 9.94. The Kier molecular flexibility index (Phi) is 3.98. The Morgan fingerprint density at radius 2 is 1.89 bits per heavy atom.